The molecule has 6 nitrogen and oxygen atoms in total. The monoisotopic (exact) mass is 314 g/mol. The van der Waals surface area contributed by atoms with E-state index in [0.717, 1.165) is 19.3 Å². The minimum absolute atomic E-state index is 0.00341. The first kappa shape index (κ1) is 16.5. The van der Waals surface area contributed by atoms with Crippen molar-refractivity contribution >= 4 is 10.0 Å². The van der Waals surface area contributed by atoms with Gasteiger partial charge >= 0.3 is 0 Å². The molecule has 1 aromatic heterocycles. The number of nitrogens with zero attached hydrogens (tertiary/aromatic N) is 1. The van der Waals surface area contributed by atoms with Crippen LogP contribution in [0.2, 0.25) is 0 Å². The van der Waals surface area contributed by atoms with Crippen LogP contribution in [0.25, 0.3) is 0 Å². The molecule has 1 aliphatic carbocycles. The van der Waals surface area contributed by atoms with Crippen LogP contribution in [0.5, 0.6) is 0 Å². The van der Waals surface area contributed by atoms with E-state index in [4.69, 9.17) is 0 Å². The van der Waals surface area contributed by atoms with Gasteiger partial charge in [-0.25, -0.2) is 13.1 Å². The topological polar surface area (TPSA) is 86.9 Å². The molecule has 1 unspecified atom stereocenters. The summed E-state index contributed by atoms with van der Waals surface area (Å²) in [6, 6.07) is 0.272. The first-order chi connectivity index (χ1) is 9.72. The summed E-state index contributed by atoms with van der Waals surface area (Å²) in [6.07, 6.45) is 4.57. The molecule has 1 atom stereocenters. The van der Waals surface area contributed by atoms with Crippen molar-refractivity contribution in [3.63, 3.8) is 0 Å². The van der Waals surface area contributed by atoms with Gasteiger partial charge in [-0.1, -0.05) is 34.1 Å². The van der Waals surface area contributed by atoms with Crippen molar-refractivity contribution in [1.82, 2.24) is 20.2 Å². The maximum absolute atomic E-state index is 12.6. The third kappa shape index (κ3) is 3.84. The maximum Gasteiger partial charge on any atom is 0.258 e. The standard InChI is InChI=1S/C14H26N4O2S/c1-10(2)15-8-11-9-16-17-13(11)21(19,20)18-12-6-5-7-14(12,3)4/h9-10,12,15,18H,5-8H2,1-4H3,(H,16,17). The van der Waals surface area contributed by atoms with Crippen LogP contribution in [0.15, 0.2) is 11.2 Å². The second kappa shape index (κ2) is 6.06. The second-order valence-corrected chi connectivity index (χ2v) is 8.47. The minimum Gasteiger partial charge on any atom is -0.310 e. The van der Waals surface area contributed by atoms with E-state index in [9.17, 15) is 8.42 Å². The van der Waals surface area contributed by atoms with Crippen LogP contribution in [0, 0.1) is 5.41 Å². The molecule has 0 bridgehead atoms. The van der Waals surface area contributed by atoms with Crippen LogP contribution in [0.1, 0.15) is 52.5 Å². The molecule has 3 N–H and O–H groups in total. The van der Waals surface area contributed by atoms with Gasteiger partial charge in [0, 0.05) is 24.2 Å². The number of H-pyrrole nitrogens is 1. The van der Waals surface area contributed by atoms with Gasteiger partial charge in [0.15, 0.2) is 5.03 Å². The molecule has 1 saturated carbocycles. The van der Waals surface area contributed by atoms with Crippen LogP contribution in [-0.2, 0) is 16.6 Å². The molecule has 0 saturated heterocycles. The summed E-state index contributed by atoms with van der Waals surface area (Å²) in [7, 11) is -3.56. The summed E-state index contributed by atoms with van der Waals surface area (Å²) < 4.78 is 28.0. The molecule has 21 heavy (non-hydrogen) atoms. The molecular weight excluding hydrogens is 288 g/mol. The van der Waals surface area contributed by atoms with Gasteiger partial charge in [0.1, 0.15) is 0 Å². The molecule has 1 fully saturated rings. The van der Waals surface area contributed by atoms with E-state index in [-0.39, 0.29) is 22.5 Å². The van der Waals surface area contributed by atoms with Crippen LogP contribution in [-0.4, -0.2) is 30.7 Å². The van der Waals surface area contributed by atoms with E-state index in [0.29, 0.717) is 12.1 Å². The largest absolute Gasteiger partial charge is 0.310 e. The number of hydrogen-bond acceptors (Lipinski definition) is 4. The van der Waals surface area contributed by atoms with Gasteiger partial charge in [0.05, 0.1) is 6.20 Å². The highest BCUT2D eigenvalue weighted by molar-refractivity contribution is 7.89. The Morgan fingerprint density at radius 2 is 2.19 bits per heavy atom. The van der Waals surface area contributed by atoms with Gasteiger partial charge in [0.25, 0.3) is 10.0 Å². The van der Waals surface area contributed by atoms with Crippen molar-refractivity contribution in [2.45, 2.75) is 70.6 Å². The molecule has 0 radical (unpaired) electrons. The van der Waals surface area contributed by atoms with Crippen molar-refractivity contribution in [2.24, 2.45) is 5.41 Å². The van der Waals surface area contributed by atoms with Crippen LogP contribution >= 0.6 is 0 Å². The molecule has 2 rings (SSSR count). The normalized spacial score (nSPS) is 22.0. The second-order valence-electron chi connectivity index (χ2n) is 6.81. The highest BCUT2D eigenvalue weighted by Crippen LogP contribution is 2.37. The van der Waals surface area contributed by atoms with Crippen LogP contribution in [0.3, 0.4) is 0 Å². The third-order valence-corrected chi connectivity index (χ3v) is 5.69. The number of nitrogens with one attached hydrogen (secondary N) is 3. The predicted octanol–water partition coefficient (Wildman–Crippen LogP) is 1.76. The Bertz CT molecular complexity index is 578. The molecule has 1 aromatic rings. The predicted molar refractivity (Wildman–Crippen MR) is 82.3 cm³/mol. The van der Waals surface area contributed by atoms with Gasteiger partial charge in [-0.3, -0.25) is 5.10 Å². The summed E-state index contributed by atoms with van der Waals surface area (Å²) in [5.74, 6) is 0. The van der Waals surface area contributed by atoms with Crippen molar-refractivity contribution in [3.8, 4) is 0 Å². The van der Waals surface area contributed by atoms with E-state index in [1.165, 1.54) is 0 Å². The van der Waals surface area contributed by atoms with Gasteiger partial charge < -0.3 is 5.32 Å². The molecule has 7 heteroatoms. The lowest BCUT2D eigenvalue weighted by Gasteiger charge is -2.27. The van der Waals surface area contributed by atoms with Gasteiger partial charge in [0.2, 0.25) is 0 Å². The first-order valence-corrected chi connectivity index (χ1v) is 8.98. The molecule has 1 heterocycles. The van der Waals surface area contributed by atoms with E-state index < -0.39 is 10.0 Å². The lowest BCUT2D eigenvalue weighted by molar-refractivity contribution is 0.312. The maximum atomic E-state index is 12.6. The number of aromatic amines is 1. The lowest BCUT2D eigenvalue weighted by Crippen LogP contribution is -2.41. The van der Waals surface area contributed by atoms with Crippen molar-refractivity contribution < 1.29 is 8.42 Å². The molecule has 120 valence electrons. The number of hydrogen-bond donors (Lipinski definition) is 3. The van der Waals surface area contributed by atoms with E-state index in [1.807, 2.05) is 13.8 Å². The zero-order valence-electron chi connectivity index (χ0n) is 13.2. The van der Waals surface area contributed by atoms with E-state index >= 15 is 0 Å². The Labute approximate surface area is 127 Å². The number of aromatic nitrogens is 2. The summed E-state index contributed by atoms with van der Waals surface area (Å²) in [4.78, 5) is 0. The van der Waals surface area contributed by atoms with E-state index in [2.05, 4.69) is 34.1 Å². The fourth-order valence-corrected chi connectivity index (χ4v) is 4.34. The third-order valence-electron chi connectivity index (χ3n) is 4.20. The van der Waals surface area contributed by atoms with Crippen molar-refractivity contribution in [2.75, 3.05) is 0 Å². The molecule has 0 amide bonds. The fraction of sp³-hybridized carbons (Fsp3) is 0.786. The Hall–Kier alpha value is -0.920. The fourth-order valence-electron chi connectivity index (χ4n) is 2.76. The number of sulfonamides is 1. The molecular formula is C14H26N4O2S. The van der Waals surface area contributed by atoms with Gasteiger partial charge in [-0.2, -0.15) is 5.10 Å². The molecule has 0 spiro atoms. The van der Waals surface area contributed by atoms with Crippen LogP contribution in [0.4, 0.5) is 0 Å². The zero-order chi connectivity index (χ0) is 15.7. The summed E-state index contributed by atoms with van der Waals surface area (Å²) in [5, 5.41) is 9.92. The molecule has 0 aromatic carbocycles. The SMILES string of the molecule is CC(C)NCc1cn[nH]c1S(=O)(=O)NC1CCCC1(C)C. The molecule has 1 aliphatic rings. The van der Waals surface area contributed by atoms with Gasteiger partial charge in [-0.05, 0) is 18.3 Å². The summed E-state index contributed by atoms with van der Waals surface area (Å²) in [5.41, 5.74) is 0.677. The molecule has 0 aliphatic heterocycles. The highest BCUT2D eigenvalue weighted by atomic mass is 32.2. The first-order valence-electron chi connectivity index (χ1n) is 7.50. The lowest BCUT2D eigenvalue weighted by atomic mass is 9.88. The summed E-state index contributed by atoms with van der Waals surface area (Å²) in [6.45, 7) is 8.75. The van der Waals surface area contributed by atoms with Gasteiger partial charge in [-0.15, -0.1) is 0 Å². The minimum atomic E-state index is -3.56. The summed E-state index contributed by atoms with van der Waals surface area (Å²) >= 11 is 0. The average molecular weight is 314 g/mol. The van der Waals surface area contributed by atoms with Crippen molar-refractivity contribution in [3.05, 3.63) is 11.8 Å². The van der Waals surface area contributed by atoms with E-state index in [1.54, 1.807) is 6.20 Å². The Morgan fingerprint density at radius 1 is 1.48 bits per heavy atom. The smallest absolute Gasteiger partial charge is 0.258 e. The zero-order valence-corrected chi connectivity index (χ0v) is 14.0. The number of rotatable bonds is 6. The Morgan fingerprint density at radius 3 is 2.76 bits per heavy atom. The average Bonchev–Trinajstić information content (AvgIpc) is 2.94. The Kier molecular flexibility index (Phi) is 4.75. The Balaban J connectivity index is 2.15. The quantitative estimate of drug-likeness (QED) is 0.747. The van der Waals surface area contributed by atoms with Crippen LogP contribution < -0.4 is 10.0 Å². The van der Waals surface area contributed by atoms with Crippen molar-refractivity contribution in [1.29, 1.82) is 0 Å². The highest BCUT2D eigenvalue weighted by Gasteiger charge is 2.38.